The normalized spacial score (nSPS) is 10.5. The van der Waals surface area contributed by atoms with Crippen LogP contribution < -0.4 is 10.1 Å². The van der Waals surface area contributed by atoms with E-state index in [1.807, 2.05) is 12.1 Å². The van der Waals surface area contributed by atoms with Crippen LogP contribution in [0.25, 0.3) is 17.1 Å². The Morgan fingerprint density at radius 2 is 1.85 bits per heavy atom. The van der Waals surface area contributed by atoms with Gasteiger partial charge in [0.05, 0.1) is 12.3 Å². The van der Waals surface area contributed by atoms with Crippen LogP contribution in [0.3, 0.4) is 0 Å². The Labute approximate surface area is 201 Å². The summed E-state index contributed by atoms with van der Waals surface area (Å²) in [7, 11) is 0. The summed E-state index contributed by atoms with van der Waals surface area (Å²) in [6.07, 6.45) is 1.64. The maximum absolute atomic E-state index is 12.4. The highest BCUT2D eigenvalue weighted by atomic mass is 35.5. The summed E-state index contributed by atoms with van der Waals surface area (Å²) in [6, 6.07) is 21.0. The third-order valence-corrected chi connectivity index (χ3v) is 4.94. The van der Waals surface area contributed by atoms with E-state index in [0.29, 0.717) is 28.0 Å². The fourth-order valence-electron chi connectivity index (χ4n) is 3.18. The molecule has 2 aromatic carbocycles. The van der Waals surface area contributed by atoms with E-state index in [4.69, 9.17) is 21.1 Å². The number of ether oxygens (including phenoxy) is 2. The van der Waals surface area contributed by atoms with Gasteiger partial charge in [-0.3, -0.25) is 4.79 Å². The second kappa shape index (κ2) is 10.6. The molecule has 0 aliphatic rings. The summed E-state index contributed by atoms with van der Waals surface area (Å²) in [4.78, 5) is 29.0. The fraction of sp³-hybridized carbons (Fsp3) is 0.120. The number of rotatable bonds is 8. The molecule has 0 bridgehead atoms. The van der Waals surface area contributed by atoms with Crippen LogP contribution in [0, 0.1) is 0 Å². The highest BCUT2D eigenvalue weighted by Gasteiger charge is 2.18. The molecule has 172 valence electrons. The van der Waals surface area contributed by atoms with E-state index in [1.54, 1.807) is 78.5 Å². The van der Waals surface area contributed by atoms with Gasteiger partial charge in [-0.15, -0.1) is 0 Å². The molecule has 4 rings (SSSR count). The van der Waals surface area contributed by atoms with Gasteiger partial charge in [0.25, 0.3) is 5.91 Å². The number of benzene rings is 2. The molecule has 0 radical (unpaired) electrons. The quantitative estimate of drug-likeness (QED) is 0.368. The Kier molecular flexibility index (Phi) is 7.19. The van der Waals surface area contributed by atoms with Crippen molar-refractivity contribution in [2.75, 3.05) is 18.5 Å². The summed E-state index contributed by atoms with van der Waals surface area (Å²) in [5.41, 5.74) is 2.07. The summed E-state index contributed by atoms with van der Waals surface area (Å²) in [5.74, 6) is 0.234. The minimum absolute atomic E-state index is 0.160. The van der Waals surface area contributed by atoms with E-state index in [9.17, 15) is 9.59 Å². The van der Waals surface area contributed by atoms with Gasteiger partial charge in [0.15, 0.2) is 18.1 Å². The Balaban J connectivity index is 1.56. The minimum Gasteiger partial charge on any atom is -0.484 e. The monoisotopic (exact) mass is 476 g/mol. The predicted octanol–water partition coefficient (Wildman–Crippen LogP) is 4.78. The van der Waals surface area contributed by atoms with E-state index in [0.717, 1.165) is 5.56 Å². The molecule has 2 aromatic heterocycles. The second-order valence-electron chi connectivity index (χ2n) is 7.11. The number of nitrogens with one attached hydrogen (secondary N) is 1. The SMILES string of the molecule is CCOC(=O)c1cc(-c2cccc(NC(=O)COc3ccc(Cl)cc3)c2)n(-c2ccccn2)n1. The zero-order valence-corrected chi connectivity index (χ0v) is 19.0. The van der Waals surface area contributed by atoms with Crippen molar-refractivity contribution < 1.29 is 19.1 Å². The van der Waals surface area contributed by atoms with Crippen molar-refractivity contribution in [3.63, 3.8) is 0 Å². The fourth-order valence-corrected chi connectivity index (χ4v) is 3.30. The van der Waals surface area contributed by atoms with E-state index in [1.165, 1.54) is 0 Å². The van der Waals surface area contributed by atoms with Gasteiger partial charge in [-0.05, 0) is 61.5 Å². The van der Waals surface area contributed by atoms with Gasteiger partial charge in [-0.25, -0.2) is 14.5 Å². The van der Waals surface area contributed by atoms with Gasteiger partial charge in [-0.2, -0.15) is 5.10 Å². The van der Waals surface area contributed by atoms with Crippen molar-refractivity contribution in [2.24, 2.45) is 0 Å². The van der Waals surface area contributed by atoms with Crippen LogP contribution in [0.4, 0.5) is 5.69 Å². The number of nitrogens with zero attached hydrogens (tertiary/aromatic N) is 3. The first-order valence-electron chi connectivity index (χ1n) is 10.5. The molecule has 0 spiro atoms. The Morgan fingerprint density at radius 1 is 1.03 bits per heavy atom. The number of hydrogen-bond acceptors (Lipinski definition) is 6. The molecule has 0 fully saturated rings. The lowest BCUT2D eigenvalue weighted by Gasteiger charge is -2.10. The molecule has 2 heterocycles. The van der Waals surface area contributed by atoms with E-state index >= 15 is 0 Å². The minimum atomic E-state index is -0.526. The van der Waals surface area contributed by atoms with Crippen LogP contribution >= 0.6 is 11.6 Å². The van der Waals surface area contributed by atoms with Crippen LogP contribution in [0.1, 0.15) is 17.4 Å². The van der Waals surface area contributed by atoms with E-state index < -0.39 is 5.97 Å². The lowest BCUT2D eigenvalue weighted by Crippen LogP contribution is -2.20. The molecule has 9 heteroatoms. The highest BCUT2D eigenvalue weighted by Crippen LogP contribution is 2.26. The Bertz CT molecular complexity index is 1290. The highest BCUT2D eigenvalue weighted by molar-refractivity contribution is 6.30. The van der Waals surface area contributed by atoms with Crippen LogP contribution in [0.5, 0.6) is 5.75 Å². The van der Waals surface area contributed by atoms with Crippen molar-refractivity contribution in [2.45, 2.75) is 6.92 Å². The van der Waals surface area contributed by atoms with E-state index in [-0.39, 0.29) is 24.8 Å². The van der Waals surface area contributed by atoms with Crippen LogP contribution in [-0.4, -0.2) is 39.9 Å². The molecule has 34 heavy (non-hydrogen) atoms. The molecule has 0 aliphatic heterocycles. The van der Waals surface area contributed by atoms with Crippen LogP contribution in [0.2, 0.25) is 5.02 Å². The number of carbonyl (C=O) groups is 2. The largest absolute Gasteiger partial charge is 0.484 e. The summed E-state index contributed by atoms with van der Waals surface area (Å²) in [5, 5.41) is 7.80. The molecule has 0 saturated carbocycles. The number of esters is 1. The van der Waals surface area contributed by atoms with Gasteiger partial charge < -0.3 is 14.8 Å². The third kappa shape index (κ3) is 5.60. The maximum Gasteiger partial charge on any atom is 0.358 e. The standard InChI is InChI=1S/C25H21ClN4O4/c1-2-33-25(32)21-15-22(30(29-21)23-8-3-4-13-27-23)17-6-5-7-19(14-17)28-24(31)16-34-20-11-9-18(26)10-12-20/h3-15H,2,16H2,1H3,(H,28,31). The molecule has 8 nitrogen and oxygen atoms in total. The number of anilines is 1. The lowest BCUT2D eigenvalue weighted by molar-refractivity contribution is -0.118. The average Bonchev–Trinajstić information content (AvgIpc) is 3.30. The van der Waals surface area contributed by atoms with Gasteiger partial charge in [0.2, 0.25) is 0 Å². The first-order valence-corrected chi connectivity index (χ1v) is 10.9. The number of halogens is 1. The zero-order valence-electron chi connectivity index (χ0n) is 18.3. The van der Waals surface area contributed by atoms with Crippen LogP contribution in [0.15, 0.2) is 79.0 Å². The molecular formula is C25H21ClN4O4. The molecule has 0 aliphatic carbocycles. The number of amides is 1. The lowest BCUT2D eigenvalue weighted by atomic mass is 10.1. The summed E-state index contributed by atoms with van der Waals surface area (Å²) < 4.78 is 12.2. The maximum atomic E-state index is 12.4. The van der Waals surface area contributed by atoms with Gasteiger partial charge in [0.1, 0.15) is 5.75 Å². The molecule has 0 saturated heterocycles. The van der Waals surface area contributed by atoms with Crippen molar-refractivity contribution in [3.8, 4) is 22.8 Å². The number of hydrogen-bond donors (Lipinski definition) is 1. The Hall–Kier alpha value is -4.17. The summed E-state index contributed by atoms with van der Waals surface area (Å²) in [6.45, 7) is 1.81. The first-order chi connectivity index (χ1) is 16.5. The zero-order chi connectivity index (χ0) is 23.9. The third-order valence-electron chi connectivity index (χ3n) is 4.69. The molecule has 0 unspecified atom stereocenters. The van der Waals surface area contributed by atoms with Gasteiger partial charge >= 0.3 is 5.97 Å². The molecule has 1 amide bonds. The van der Waals surface area contributed by atoms with Crippen molar-refractivity contribution in [1.82, 2.24) is 14.8 Å². The number of pyridine rings is 1. The van der Waals surface area contributed by atoms with Crippen molar-refractivity contribution in [3.05, 3.63) is 89.7 Å². The smallest absolute Gasteiger partial charge is 0.358 e. The average molecular weight is 477 g/mol. The molecule has 4 aromatic rings. The summed E-state index contributed by atoms with van der Waals surface area (Å²) >= 11 is 5.86. The molecule has 1 N–H and O–H groups in total. The van der Waals surface area contributed by atoms with Crippen LogP contribution in [-0.2, 0) is 9.53 Å². The second-order valence-corrected chi connectivity index (χ2v) is 7.54. The molecular weight excluding hydrogens is 456 g/mol. The van der Waals surface area contributed by atoms with Gasteiger partial charge in [-0.1, -0.05) is 29.8 Å². The number of aromatic nitrogens is 3. The molecule has 0 atom stereocenters. The van der Waals surface area contributed by atoms with Crippen molar-refractivity contribution >= 4 is 29.2 Å². The van der Waals surface area contributed by atoms with Crippen molar-refractivity contribution in [1.29, 1.82) is 0 Å². The topological polar surface area (TPSA) is 95.3 Å². The predicted molar refractivity (Wildman–Crippen MR) is 128 cm³/mol. The Morgan fingerprint density at radius 3 is 2.59 bits per heavy atom. The van der Waals surface area contributed by atoms with E-state index in [2.05, 4.69) is 15.4 Å². The van der Waals surface area contributed by atoms with Gasteiger partial charge in [0, 0.05) is 22.5 Å². The number of carbonyl (C=O) groups excluding carboxylic acids is 2. The first kappa shape index (κ1) is 23.0.